The van der Waals surface area contributed by atoms with Gasteiger partial charge < -0.3 is 0 Å². The molecule has 0 amide bonds. The molecule has 0 aromatic heterocycles. The lowest BCUT2D eigenvalue weighted by atomic mass is 9.75. The molecule has 17 heavy (non-hydrogen) atoms. The Morgan fingerprint density at radius 2 is 1.29 bits per heavy atom. The summed E-state index contributed by atoms with van der Waals surface area (Å²) in [6, 6.07) is 21.1. The van der Waals surface area contributed by atoms with E-state index in [1.807, 2.05) is 6.07 Å². The van der Waals surface area contributed by atoms with E-state index >= 15 is 0 Å². The summed E-state index contributed by atoms with van der Waals surface area (Å²) >= 11 is 0. The summed E-state index contributed by atoms with van der Waals surface area (Å²) in [7, 11) is 5.94. The quantitative estimate of drug-likeness (QED) is 0.678. The summed E-state index contributed by atoms with van der Waals surface area (Å²) in [5.74, 6) is 0.835. The Kier molecular flexibility index (Phi) is 4.03. The van der Waals surface area contributed by atoms with Crippen LogP contribution in [-0.2, 0) is 0 Å². The number of hydrogen-bond acceptors (Lipinski definition) is 0. The third-order valence-electron chi connectivity index (χ3n) is 3.41. The van der Waals surface area contributed by atoms with Gasteiger partial charge >= 0.3 is 0 Å². The standard InChI is InChI=1S/C16H17B/c1-13(14-8-4-2-5-9-14)16(12-17)15-10-6-3-7-11-15/h2-11,13,16H,12H2,1H3/t13-,16-/m1/s1. The van der Waals surface area contributed by atoms with Crippen LogP contribution in [0.25, 0.3) is 0 Å². The van der Waals surface area contributed by atoms with E-state index in [0.717, 1.165) is 0 Å². The lowest BCUT2D eigenvalue weighted by Gasteiger charge is -2.24. The van der Waals surface area contributed by atoms with E-state index in [2.05, 4.69) is 61.5 Å². The summed E-state index contributed by atoms with van der Waals surface area (Å²) < 4.78 is 0. The van der Waals surface area contributed by atoms with Crippen molar-refractivity contribution in [2.45, 2.75) is 25.1 Å². The molecule has 0 fully saturated rings. The van der Waals surface area contributed by atoms with Crippen molar-refractivity contribution < 1.29 is 0 Å². The monoisotopic (exact) mass is 220 g/mol. The minimum Gasteiger partial charge on any atom is -0.0814 e. The molecule has 0 saturated carbocycles. The Hall–Kier alpha value is -1.50. The fourth-order valence-electron chi connectivity index (χ4n) is 2.32. The molecule has 0 spiro atoms. The van der Waals surface area contributed by atoms with Gasteiger partial charge in [-0.2, -0.15) is 0 Å². The Labute approximate surface area is 105 Å². The van der Waals surface area contributed by atoms with Crippen LogP contribution in [0.15, 0.2) is 60.7 Å². The van der Waals surface area contributed by atoms with E-state index in [0.29, 0.717) is 18.2 Å². The molecule has 0 N–H and O–H groups in total. The van der Waals surface area contributed by atoms with Gasteiger partial charge in [-0.05, 0) is 23.0 Å². The minimum atomic E-state index is 0.388. The number of rotatable bonds is 4. The van der Waals surface area contributed by atoms with Crippen molar-refractivity contribution >= 4 is 7.85 Å². The maximum atomic E-state index is 5.94. The Morgan fingerprint density at radius 3 is 1.76 bits per heavy atom. The predicted molar refractivity (Wildman–Crippen MR) is 74.6 cm³/mol. The van der Waals surface area contributed by atoms with Crippen LogP contribution in [0.1, 0.15) is 29.9 Å². The van der Waals surface area contributed by atoms with Crippen LogP contribution >= 0.6 is 0 Å². The van der Waals surface area contributed by atoms with Gasteiger partial charge in [0, 0.05) is 0 Å². The fourth-order valence-corrected chi connectivity index (χ4v) is 2.32. The summed E-state index contributed by atoms with van der Waals surface area (Å²) in [5, 5.41) is 0. The van der Waals surface area contributed by atoms with E-state index in [9.17, 15) is 0 Å². The van der Waals surface area contributed by atoms with Crippen molar-refractivity contribution in [1.82, 2.24) is 0 Å². The molecule has 2 radical (unpaired) electrons. The zero-order chi connectivity index (χ0) is 12.1. The highest BCUT2D eigenvalue weighted by atomic mass is 14.2. The second-order valence-corrected chi connectivity index (χ2v) is 4.45. The predicted octanol–water partition coefficient (Wildman–Crippen LogP) is 4.16. The highest BCUT2D eigenvalue weighted by molar-refractivity contribution is 6.09. The van der Waals surface area contributed by atoms with Gasteiger partial charge in [-0.3, -0.25) is 0 Å². The molecule has 0 aliphatic heterocycles. The second kappa shape index (κ2) is 5.72. The molecule has 0 heterocycles. The molecule has 2 aromatic rings. The highest BCUT2D eigenvalue weighted by Gasteiger charge is 2.18. The van der Waals surface area contributed by atoms with E-state index < -0.39 is 0 Å². The van der Waals surface area contributed by atoms with Crippen LogP contribution in [0.2, 0.25) is 6.32 Å². The molecule has 0 aliphatic carbocycles. The molecule has 0 aliphatic rings. The highest BCUT2D eigenvalue weighted by Crippen LogP contribution is 2.34. The van der Waals surface area contributed by atoms with Crippen molar-refractivity contribution in [3.63, 3.8) is 0 Å². The average molecular weight is 220 g/mol. The molecule has 0 nitrogen and oxygen atoms in total. The SMILES string of the molecule is [B]C[C@@H](c1ccccc1)[C@H](C)c1ccccc1. The van der Waals surface area contributed by atoms with Gasteiger partial charge in [-0.25, -0.2) is 0 Å². The number of benzene rings is 2. The first kappa shape index (κ1) is 12.0. The van der Waals surface area contributed by atoms with E-state index in [1.54, 1.807) is 0 Å². The number of hydrogen-bond donors (Lipinski definition) is 0. The van der Waals surface area contributed by atoms with Crippen molar-refractivity contribution in [3.05, 3.63) is 71.8 Å². The van der Waals surface area contributed by atoms with Crippen LogP contribution in [0, 0.1) is 0 Å². The van der Waals surface area contributed by atoms with Crippen molar-refractivity contribution in [2.24, 2.45) is 0 Å². The normalized spacial score (nSPS) is 14.2. The first-order valence-electron chi connectivity index (χ1n) is 6.13. The molecule has 0 bridgehead atoms. The molecule has 1 heteroatoms. The lowest BCUT2D eigenvalue weighted by molar-refractivity contribution is 0.623. The lowest BCUT2D eigenvalue weighted by Crippen LogP contribution is -2.08. The summed E-state index contributed by atoms with van der Waals surface area (Å²) in [6.45, 7) is 2.25. The maximum Gasteiger partial charge on any atom is 0.0661 e. The van der Waals surface area contributed by atoms with Gasteiger partial charge in [0.2, 0.25) is 0 Å². The molecule has 2 atom stereocenters. The van der Waals surface area contributed by atoms with Crippen LogP contribution in [-0.4, -0.2) is 7.85 Å². The second-order valence-electron chi connectivity index (χ2n) is 4.45. The molecular weight excluding hydrogens is 203 g/mol. The molecule has 2 rings (SSSR count). The van der Waals surface area contributed by atoms with Crippen LogP contribution < -0.4 is 0 Å². The van der Waals surface area contributed by atoms with Crippen LogP contribution in [0.4, 0.5) is 0 Å². The zero-order valence-electron chi connectivity index (χ0n) is 10.2. The van der Waals surface area contributed by atoms with Gasteiger partial charge in [0.15, 0.2) is 0 Å². The molecule has 2 aromatic carbocycles. The van der Waals surface area contributed by atoms with Crippen molar-refractivity contribution in [2.75, 3.05) is 0 Å². The van der Waals surface area contributed by atoms with Crippen molar-refractivity contribution in [1.29, 1.82) is 0 Å². The fraction of sp³-hybridized carbons (Fsp3) is 0.250. The molecule has 0 unspecified atom stereocenters. The van der Waals surface area contributed by atoms with E-state index in [1.165, 1.54) is 11.1 Å². The summed E-state index contributed by atoms with van der Waals surface area (Å²) in [4.78, 5) is 0. The van der Waals surface area contributed by atoms with Gasteiger partial charge in [0.05, 0.1) is 7.85 Å². The molecular formula is C16H17B. The first-order chi connectivity index (χ1) is 8.33. The van der Waals surface area contributed by atoms with E-state index in [4.69, 9.17) is 7.85 Å². The third-order valence-corrected chi connectivity index (χ3v) is 3.41. The topological polar surface area (TPSA) is 0 Å². The Balaban J connectivity index is 2.25. The minimum absolute atomic E-state index is 0.388. The largest absolute Gasteiger partial charge is 0.0814 e. The van der Waals surface area contributed by atoms with Gasteiger partial charge in [0.1, 0.15) is 0 Å². The van der Waals surface area contributed by atoms with Gasteiger partial charge in [-0.1, -0.05) is 73.9 Å². The molecule has 84 valence electrons. The third kappa shape index (κ3) is 2.79. The maximum absolute atomic E-state index is 5.94. The first-order valence-corrected chi connectivity index (χ1v) is 6.13. The van der Waals surface area contributed by atoms with Crippen LogP contribution in [0.3, 0.4) is 0 Å². The van der Waals surface area contributed by atoms with Crippen molar-refractivity contribution in [3.8, 4) is 0 Å². The smallest absolute Gasteiger partial charge is 0.0661 e. The summed E-state index contributed by atoms with van der Waals surface area (Å²) in [5.41, 5.74) is 2.68. The van der Waals surface area contributed by atoms with Gasteiger partial charge in [0.25, 0.3) is 0 Å². The van der Waals surface area contributed by atoms with E-state index in [-0.39, 0.29) is 0 Å². The average Bonchev–Trinajstić information content (AvgIpc) is 2.42. The zero-order valence-corrected chi connectivity index (χ0v) is 10.2. The van der Waals surface area contributed by atoms with Crippen LogP contribution in [0.5, 0.6) is 0 Å². The van der Waals surface area contributed by atoms with Gasteiger partial charge in [-0.15, -0.1) is 0 Å². The summed E-state index contributed by atoms with van der Waals surface area (Å²) in [6.07, 6.45) is 0.681. The Morgan fingerprint density at radius 1 is 0.824 bits per heavy atom. The molecule has 0 saturated heterocycles. The Bertz CT molecular complexity index is 436.